The zero-order chi connectivity index (χ0) is 10.3. The van der Waals surface area contributed by atoms with Gasteiger partial charge in [-0.1, -0.05) is 24.3 Å². The van der Waals surface area contributed by atoms with Gasteiger partial charge in [0.05, 0.1) is 0 Å². The fourth-order valence-electron chi connectivity index (χ4n) is 2.89. The Bertz CT molecular complexity index is 403. The maximum atomic E-state index is 11.9. The minimum Gasteiger partial charge on any atom is -0.381 e. The van der Waals surface area contributed by atoms with Crippen LogP contribution in [0, 0.1) is 0 Å². The first kappa shape index (κ1) is 9.10. The van der Waals surface area contributed by atoms with Gasteiger partial charge in [-0.05, 0) is 18.4 Å². The molecule has 0 aromatic heterocycles. The Hall–Kier alpha value is -1.15. The van der Waals surface area contributed by atoms with Crippen molar-refractivity contribution >= 4 is 5.78 Å². The fraction of sp³-hybridized carbons (Fsp3) is 0.462. The van der Waals surface area contributed by atoms with Gasteiger partial charge in [0.1, 0.15) is 0 Å². The van der Waals surface area contributed by atoms with E-state index < -0.39 is 0 Å². The molecule has 1 aliphatic heterocycles. The Labute approximate surface area is 89.2 Å². The smallest absolute Gasteiger partial charge is 0.164 e. The molecule has 1 aliphatic carbocycles. The zero-order valence-corrected chi connectivity index (χ0v) is 8.66. The van der Waals surface area contributed by atoms with Crippen LogP contribution in [0.2, 0.25) is 0 Å². The van der Waals surface area contributed by atoms with Crippen LogP contribution in [0.4, 0.5) is 0 Å². The first-order valence-electron chi connectivity index (χ1n) is 5.52. The Balaban J connectivity index is 2.10. The normalized spacial score (nSPS) is 23.1. The minimum atomic E-state index is 0.103. The van der Waals surface area contributed by atoms with Crippen molar-refractivity contribution < 1.29 is 9.53 Å². The Kier molecular flexibility index (Phi) is 1.93. The SMILES string of the molecule is O=C1CC2(CCOCC2)c2ccccc21. The molecule has 1 spiro atoms. The molecule has 0 radical (unpaired) electrons. The van der Waals surface area contributed by atoms with E-state index in [0.29, 0.717) is 12.2 Å². The molecule has 0 saturated carbocycles. The van der Waals surface area contributed by atoms with Crippen molar-refractivity contribution in [2.24, 2.45) is 0 Å². The first-order valence-corrected chi connectivity index (χ1v) is 5.52. The molecule has 3 rings (SSSR count). The van der Waals surface area contributed by atoms with E-state index in [4.69, 9.17) is 4.74 Å². The number of Topliss-reactive ketones (excluding diaryl/α,β-unsaturated/α-hetero) is 1. The molecule has 2 aliphatic rings. The van der Waals surface area contributed by atoms with Gasteiger partial charge in [-0.3, -0.25) is 4.79 Å². The van der Waals surface area contributed by atoms with Crippen LogP contribution in [0.5, 0.6) is 0 Å². The van der Waals surface area contributed by atoms with Gasteiger partial charge >= 0.3 is 0 Å². The number of ether oxygens (including phenoxy) is 1. The Morgan fingerprint density at radius 2 is 1.87 bits per heavy atom. The van der Waals surface area contributed by atoms with Gasteiger partial charge in [0.25, 0.3) is 0 Å². The molecule has 15 heavy (non-hydrogen) atoms. The molecule has 0 atom stereocenters. The largest absolute Gasteiger partial charge is 0.381 e. The van der Waals surface area contributed by atoms with Crippen LogP contribution in [-0.2, 0) is 10.2 Å². The van der Waals surface area contributed by atoms with Crippen LogP contribution in [0.25, 0.3) is 0 Å². The summed E-state index contributed by atoms with van der Waals surface area (Å²) >= 11 is 0. The van der Waals surface area contributed by atoms with Gasteiger partial charge in [-0.15, -0.1) is 0 Å². The van der Waals surface area contributed by atoms with Gasteiger partial charge in [0, 0.05) is 30.6 Å². The number of carbonyl (C=O) groups is 1. The van der Waals surface area contributed by atoms with Crippen molar-refractivity contribution in [3.63, 3.8) is 0 Å². The van der Waals surface area contributed by atoms with Crippen molar-refractivity contribution in [3.05, 3.63) is 35.4 Å². The first-order chi connectivity index (χ1) is 7.32. The lowest BCUT2D eigenvalue weighted by atomic mass is 9.75. The molecule has 0 N–H and O–H groups in total. The highest BCUT2D eigenvalue weighted by Gasteiger charge is 2.43. The molecule has 2 nitrogen and oxygen atoms in total. The third-order valence-corrected chi connectivity index (χ3v) is 3.75. The summed E-state index contributed by atoms with van der Waals surface area (Å²) in [6, 6.07) is 8.07. The highest BCUT2D eigenvalue weighted by Crippen LogP contribution is 2.45. The topological polar surface area (TPSA) is 26.3 Å². The van der Waals surface area contributed by atoms with Crippen molar-refractivity contribution in [2.45, 2.75) is 24.7 Å². The number of benzene rings is 1. The number of hydrogen-bond acceptors (Lipinski definition) is 2. The number of hydrogen-bond donors (Lipinski definition) is 0. The van der Waals surface area contributed by atoms with Crippen LogP contribution in [0.3, 0.4) is 0 Å². The summed E-state index contributed by atoms with van der Waals surface area (Å²) in [6.45, 7) is 1.59. The summed E-state index contributed by atoms with van der Waals surface area (Å²) in [7, 11) is 0. The summed E-state index contributed by atoms with van der Waals surface area (Å²) < 4.78 is 5.40. The number of carbonyl (C=O) groups excluding carboxylic acids is 1. The molecule has 1 fully saturated rings. The minimum absolute atomic E-state index is 0.103. The second-order valence-corrected chi connectivity index (χ2v) is 4.54. The summed E-state index contributed by atoms with van der Waals surface area (Å²) in [4.78, 5) is 11.9. The van der Waals surface area contributed by atoms with Crippen LogP contribution in [-0.4, -0.2) is 19.0 Å². The van der Waals surface area contributed by atoms with Crippen LogP contribution >= 0.6 is 0 Å². The molecule has 0 bridgehead atoms. The van der Waals surface area contributed by atoms with Crippen molar-refractivity contribution in [2.75, 3.05) is 13.2 Å². The summed E-state index contributed by atoms with van der Waals surface area (Å²) in [5, 5.41) is 0. The summed E-state index contributed by atoms with van der Waals surface area (Å²) in [5.74, 6) is 0.313. The molecule has 1 saturated heterocycles. The maximum Gasteiger partial charge on any atom is 0.164 e. The maximum absolute atomic E-state index is 11.9. The second-order valence-electron chi connectivity index (χ2n) is 4.54. The van der Waals surface area contributed by atoms with Crippen LogP contribution < -0.4 is 0 Å². The number of fused-ring (bicyclic) bond motifs is 2. The van der Waals surface area contributed by atoms with Crippen LogP contribution in [0.1, 0.15) is 35.2 Å². The third-order valence-electron chi connectivity index (χ3n) is 3.75. The van der Waals surface area contributed by atoms with Gasteiger partial charge in [-0.2, -0.15) is 0 Å². The van der Waals surface area contributed by atoms with Gasteiger partial charge < -0.3 is 4.74 Å². The Morgan fingerprint density at radius 1 is 1.13 bits per heavy atom. The van der Waals surface area contributed by atoms with Crippen molar-refractivity contribution in [3.8, 4) is 0 Å². The van der Waals surface area contributed by atoms with Gasteiger partial charge in [-0.25, -0.2) is 0 Å². The fourth-order valence-corrected chi connectivity index (χ4v) is 2.89. The molecule has 0 amide bonds. The average Bonchev–Trinajstić information content (AvgIpc) is 2.55. The van der Waals surface area contributed by atoms with Crippen molar-refractivity contribution in [1.29, 1.82) is 0 Å². The van der Waals surface area contributed by atoms with E-state index in [1.165, 1.54) is 5.56 Å². The van der Waals surface area contributed by atoms with Gasteiger partial charge in [0.2, 0.25) is 0 Å². The lowest BCUT2D eigenvalue weighted by Crippen LogP contribution is -2.31. The molecule has 1 aromatic rings. The Morgan fingerprint density at radius 3 is 2.67 bits per heavy atom. The summed E-state index contributed by atoms with van der Waals surface area (Å²) in [5.41, 5.74) is 2.31. The van der Waals surface area contributed by atoms with Gasteiger partial charge in [0.15, 0.2) is 5.78 Å². The van der Waals surface area contributed by atoms with E-state index in [0.717, 1.165) is 31.6 Å². The number of rotatable bonds is 0. The molecule has 2 heteroatoms. The molecule has 78 valence electrons. The second kappa shape index (κ2) is 3.17. The van der Waals surface area contributed by atoms with E-state index in [-0.39, 0.29) is 5.41 Å². The third kappa shape index (κ3) is 1.25. The predicted molar refractivity (Wildman–Crippen MR) is 57.1 cm³/mol. The summed E-state index contributed by atoms with van der Waals surface area (Å²) in [6.07, 6.45) is 2.68. The molecule has 0 unspecified atom stereocenters. The van der Waals surface area contributed by atoms with E-state index in [2.05, 4.69) is 6.07 Å². The lowest BCUT2D eigenvalue weighted by Gasteiger charge is -2.33. The van der Waals surface area contributed by atoms with E-state index in [1.807, 2.05) is 18.2 Å². The molecular formula is C13H14O2. The standard InChI is InChI=1S/C13H14O2/c14-12-9-13(5-7-15-8-6-13)11-4-2-1-3-10(11)12/h1-4H,5-9H2. The quantitative estimate of drug-likeness (QED) is 0.645. The zero-order valence-electron chi connectivity index (χ0n) is 8.66. The van der Waals surface area contributed by atoms with Crippen molar-refractivity contribution in [1.82, 2.24) is 0 Å². The van der Waals surface area contributed by atoms with E-state index in [9.17, 15) is 4.79 Å². The molecular weight excluding hydrogens is 188 g/mol. The molecule has 1 heterocycles. The van der Waals surface area contributed by atoms with E-state index in [1.54, 1.807) is 0 Å². The highest BCUT2D eigenvalue weighted by molar-refractivity contribution is 6.02. The number of ketones is 1. The van der Waals surface area contributed by atoms with Crippen LogP contribution in [0.15, 0.2) is 24.3 Å². The van der Waals surface area contributed by atoms with E-state index >= 15 is 0 Å². The predicted octanol–water partition coefficient (Wildman–Crippen LogP) is 2.32. The average molecular weight is 202 g/mol. The monoisotopic (exact) mass is 202 g/mol. The molecule has 1 aromatic carbocycles. The lowest BCUT2D eigenvalue weighted by molar-refractivity contribution is 0.0491. The highest BCUT2D eigenvalue weighted by atomic mass is 16.5.